The molecule has 1 nitrogen and oxygen atoms in total. The highest BCUT2D eigenvalue weighted by molar-refractivity contribution is 7.99. The predicted octanol–water partition coefficient (Wildman–Crippen LogP) is 4.56. The first-order chi connectivity index (χ1) is 7.56. The van der Waals surface area contributed by atoms with Crippen molar-refractivity contribution in [1.29, 1.82) is 0 Å². The number of thioether (sulfide) groups is 1. The van der Waals surface area contributed by atoms with Crippen LogP contribution in [0.4, 0.5) is 0 Å². The number of rotatable bonds is 5. The second kappa shape index (κ2) is 6.75. The van der Waals surface area contributed by atoms with E-state index in [1.165, 1.54) is 0 Å². The van der Waals surface area contributed by atoms with E-state index in [1.54, 1.807) is 23.9 Å². The van der Waals surface area contributed by atoms with E-state index in [2.05, 4.69) is 13.8 Å². The summed E-state index contributed by atoms with van der Waals surface area (Å²) in [4.78, 5) is 0. The van der Waals surface area contributed by atoms with Gasteiger partial charge in [-0.1, -0.05) is 49.2 Å². The third kappa shape index (κ3) is 3.85. The Hall–Kier alpha value is 0.110. The molecule has 4 heteroatoms. The van der Waals surface area contributed by atoms with Gasteiger partial charge in [0.25, 0.3) is 0 Å². The zero-order chi connectivity index (χ0) is 12.1. The van der Waals surface area contributed by atoms with Crippen LogP contribution in [0, 0.1) is 0 Å². The normalized spacial score (nSPS) is 14.8. The Morgan fingerprint density at radius 2 is 2.06 bits per heavy atom. The Morgan fingerprint density at radius 3 is 2.69 bits per heavy atom. The number of aliphatic hydroxyl groups is 1. The molecule has 90 valence electrons. The van der Waals surface area contributed by atoms with Crippen molar-refractivity contribution in [3.05, 3.63) is 33.8 Å². The zero-order valence-corrected chi connectivity index (χ0v) is 11.7. The van der Waals surface area contributed by atoms with Crippen LogP contribution in [-0.2, 0) is 0 Å². The number of hydrogen-bond donors (Lipinski definition) is 1. The first kappa shape index (κ1) is 14.2. The van der Waals surface area contributed by atoms with Crippen LogP contribution in [0.5, 0.6) is 0 Å². The average Bonchev–Trinajstić information content (AvgIpc) is 2.29. The number of benzene rings is 1. The molecule has 0 saturated heterocycles. The average molecular weight is 279 g/mol. The Balaban J connectivity index is 2.66. The van der Waals surface area contributed by atoms with E-state index in [1.807, 2.05) is 6.07 Å². The molecule has 0 saturated carbocycles. The second-order valence-corrected chi connectivity index (χ2v) is 5.97. The van der Waals surface area contributed by atoms with Gasteiger partial charge in [0.15, 0.2) is 0 Å². The van der Waals surface area contributed by atoms with Gasteiger partial charge < -0.3 is 5.11 Å². The van der Waals surface area contributed by atoms with Crippen molar-refractivity contribution < 1.29 is 5.11 Å². The van der Waals surface area contributed by atoms with Gasteiger partial charge in [-0.15, -0.1) is 0 Å². The van der Waals surface area contributed by atoms with E-state index in [-0.39, 0.29) is 0 Å². The molecule has 0 bridgehead atoms. The van der Waals surface area contributed by atoms with Crippen LogP contribution in [-0.4, -0.2) is 16.1 Å². The molecule has 0 fully saturated rings. The molecule has 1 rings (SSSR count). The lowest BCUT2D eigenvalue weighted by molar-refractivity contribution is 0.204. The lowest BCUT2D eigenvalue weighted by Crippen LogP contribution is -2.05. The SMILES string of the molecule is CCC(C)SCC(O)c1cccc(Cl)c1Cl. The molecule has 0 aliphatic rings. The van der Waals surface area contributed by atoms with Gasteiger partial charge in [-0.3, -0.25) is 0 Å². The molecular weight excluding hydrogens is 263 g/mol. The van der Waals surface area contributed by atoms with Gasteiger partial charge in [0, 0.05) is 16.6 Å². The summed E-state index contributed by atoms with van der Waals surface area (Å²) in [6, 6.07) is 5.35. The largest absolute Gasteiger partial charge is 0.387 e. The summed E-state index contributed by atoms with van der Waals surface area (Å²) < 4.78 is 0. The molecule has 0 heterocycles. The summed E-state index contributed by atoms with van der Waals surface area (Å²) in [5.74, 6) is 0.648. The molecule has 2 atom stereocenters. The standard InChI is InChI=1S/C12H16Cl2OS/c1-3-8(2)16-7-11(15)9-5-4-6-10(13)12(9)14/h4-6,8,11,15H,3,7H2,1-2H3. The summed E-state index contributed by atoms with van der Waals surface area (Å²) in [6.07, 6.45) is 0.547. The topological polar surface area (TPSA) is 20.2 Å². The Labute approximate surface area is 111 Å². The minimum Gasteiger partial charge on any atom is -0.387 e. The summed E-state index contributed by atoms with van der Waals surface area (Å²) in [7, 11) is 0. The van der Waals surface area contributed by atoms with Gasteiger partial charge in [-0.2, -0.15) is 11.8 Å². The fourth-order valence-electron chi connectivity index (χ4n) is 1.24. The quantitative estimate of drug-likeness (QED) is 0.852. The van der Waals surface area contributed by atoms with Crippen LogP contribution >= 0.6 is 35.0 Å². The molecule has 1 N–H and O–H groups in total. The molecule has 0 aliphatic carbocycles. The summed E-state index contributed by atoms with van der Waals surface area (Å²) in [6.45, 7) is 4.29. The highest BCUT2D eigenvalue weighted by atomic mass is 35.5. The molecule has 16 heavy (non-hydrogen) atoms. The van der Waals surface area contributed by atoms with E-state index in [9.17, 15) is 5.11 Å². The van der Waals surface area contributed by atoms with Crippen LogP contribution in [0.25, 0.3) is 0 Å². The Morgan fingerprint density at radius 1 is 1.38 bits per heavy atom. The van der Waals surface area contributed by atoms with Gasteiger partial charge in [0.2, 0.25) is 0 Å². The zero-order valence-electron chi connectivity index (χ0n) is 9.41. The molecule has 2 unspecified atom stereocenters. The number of hydrogen-bond acceptors (Lipinski definition) is 2. The molecular formula is C12H16Cl2OS. The maximum absolute atomic E-state index is 10.0. The van der Waals surface area contributed by atoms with Crippen LogP contribution in [0.2, 0.25) is 10.0 Å². The van der Waals surface area contributed by atoms with E-state index >= 15 is 0 Å². The van der Waals surface area contributed by atoms with E-state index in [0.717, 1.165) is 6.42 Å². The van der Waals surface area contributed by atoms with Crippen molar-refractivity contribution >= 4 is 35.0 Å². The molecule has 0 spiro atoms. The van der Waals surface area contributed by atoms with Crippen molar-refractivity contribution in [3.8, 4) is 0 Å². The first-order valence-electron chi connectivity index (χ1n) is 5.29. The summed E-state index contributed by atoms with van der Waals surface area (Å²) in [5.41, 5.74) is 0.713. The maximum Gasteiger partial charge on any atom is 0.0895 e. The van der Waals surface area contributed by atoms with Gasteiger partial charge in [0.05, 0.1) is 16.1 Å². The van der Waals surface area contributed by atoms with Crippen molar-refractivity contribution in [3.63, 3.8) is 0 Å². The van der Waals surface area contributed by atoms with E-state index < -0.39 is 6.10 Å². The third-order valence-corrected chi connectivity index (χ3v) is 4.70. The van der Waals surface area contributed by atoms with Crippen molar-refractivity contribution in [2.75, 3.05) is 5.75 Å². The molecule has 1 aromatic carbocycles. The fourth-order valence-corrected chi connectivity index (χ4v) is 2.60. The van der Waals surface area contributed by atoms with Gasteiger partial charge in [-0.25, -0.2) is 0 Å². The molecule has 0 amide bonds. The minimum atomic E-state index is -0.551. The van der Waals surface area contributed by atoms with Gasteiger partial charge >= 0.3 is 0 Å². The Bertz CT molecular complexity index is 344. The maximum atomic E-state index is 10.0. The van der Waals surface area contributed by atoms with Crippen LogP contribution in [0.3, 0.4) is 0 Å². The highest BCUT2D eigenvalue weighted by Gasteiger charge is 2.14. The van der Waals surface area contributed by atoms with Gasteiger partial charge in [-0.05, 0) is 12.5 Å². The van der Waals surface area contributed by atoms with Crippen LogP contribution in [0.15, 0.2) is 18.2 Å². The third-order valence-electron chi connectivity index (χ3n) is 2.45. The van der Waals surface area contributed by atoms with E-state index in [4.69, 9.17) is 23.2 Å². The summed E-state index contributed by atoms with van der Waals surface area (Å²) in [5, 5.41) is 11.5. The van der Waals surface area contributed by atoms with Crippen LogP contribution < -0.4 is 0 Å². The number of halogens is 2. The Kier molecular flexibility index (Phi) is 5.98. The molecule has 0 aromatic heterocycles. The van der Waals surface area contributed by atoms with Crippen LogP contribution in [0.1, 0.15) is 31.9 Å². The second-order valence-electron chi connectivity index (χ2n) is 3.71. The molecule has 0 aliphatic heterocycles. The van der Waals surface area contributed by atoms with Crippen molar-refractivity contribution in [1.82, 2.24) is 0 Å². The lowest BCUT2D eigenvalue weighted by Gasteiger charge is -2.15. The molecule has 1 aromatic rings. The van der Waals surface area contributed by atoms with E-state index in [0.29, 0.717) is 26.6 Å². The lowest BCUT2D eigenvalue weighted by atomic mass is 10.1. The predicted molar refractivity (Wildman–Crippen MR) is 73.6 cm³/mol. The fraction of sp³-hybridized carbons (Fsp3) is 0.500. The van der Waals surface area contributed by atoms with Crippen molar-refractivity contribution in [2.24, 2.45) is 0 Å². The monoisotopic (exact) mass is 278 g/mol. The van der Waals surface area contributed by atoms with Crippen molar-refractivity contribution in [2.45, 2.75) is 31.6 Å². The first-order valence-corrected chi connectivity index (χ1v) is 7.10. The minimum absolute atomic E-state index is 0.460. The number of aliphatic hydroxyl groups excluding tert-OH is 1. The smallest absolute Gasteiger partial charge is 0.0895 e. The highest BCUT2D eigenvalue weighted by Crippen LogP contribution is 2.32. The van der Waals surface area contributed by atoms with Gasteiger partial charge in [0.1, 0.15) is 0 Å². The summed E-state index contributed by atoms with van der Waals surface area (Å²) >= 11 is 13.7. The molecule has 0 radical (unpaired) electrons.